The number of guanidine groups is 1. The molecule has 6 heteroatoms. The molecule has 2 N–H and O–H groups in total. The molecule has 25 heavy (non-hydrogen) atoms. The van der Waals surface area contributed by atoms with E-state index in [1.807, 2.05) is 0 Å². The number of hydrogen-bond acceptors (Lipinski definition) is 3. The molecular weight excluding hydrogens is 425 g/mol. The van der Waals surface area contributed by atoms with Gasteiger partial charge in [-0.05, 0) is 66.3 Å². The summed E-state index contributed by atoms with van der Waals surface area (Å²) in [6.45, 7) is 9.88. The third-order valence-electron chi connectivity index (χ3n) is 4.55. The largest absolute Gasteiger partial charge is 0.357 e. The minimum absolute atomic E-state index is 0. The summed E-state index contributed by atoms with van der Waals surface area (Å²) in [6.07, 6.45) is 10.6. The van der Waals surface area contributed by atoms with Gasteiger partial charge in [0.2, 0.25) is 0 Å². The average molecular weight is 467 g/mol. The minimum atomic E-state index is 0. The highest BCUT2D eigenvalue weighted by atomic mass is 127. The van der Waals surface area contributed by atoms with Crippen LogP contribution in [-0.4, -0.2) is 75.7 Å². The number of piperidine rings is 1. The number of aliphatic imine (C=N–C) groups is 1. The fraction of sp³-hybridized carbons (Fsp3) is 0.947. The molecule has 1 aliphatic rings. The van der Waals surface area contributed by atoms with Crippen molar-refractivity contribution in [3.8, 4) is 0 Å². The fourth-order valence-electron chi connectivity index (χ4n) is 3.12. The van der Waals surface area contributed by atoms with Gasteiger partial charge in [-0.3, -0.25) is 4.99 Å². The van der Waals surface area contributed by atoms with Crippen LogP contribution in [0.25, 0.3) is 0 Å². The lowest BCUT2D eigenvalue weighted by atomic mass is 10.1. The van der Waals surface area contributed by atoms with Gasteiger partial charge in [-0.1, -0.05) is 25.7 Å². The molecule has 0 aliphatic carbocycles. The van der Waals surface area contributed by atoms with E-state index in [-0.39, 0.29) is 24.0 Å². The van der Waals surface area contributed by atoms with Gasteiger partial charge in [0.1, 0.15) is 0 Å². The molecule has 1 fully saturated rings. The van der Waals surface area contributed by atoms with E-state index in [9.17, 15) is 0 Å². The number of hydrogen-bond donors (Lipinski definition) is 2. The van der Waals surface area contributed by atoms with Gasteiger partial charge >= 0.3 is 0 Å². The Bertz CT molecular complexity index is 317. The van der Waals surface area contributed by atoms with Crippen molar-refractivity contribution in [1.29, 1.82) is 0 Å². The zero-order valence-corrected chi connectivity index (χ0v) is 19.2. The number of nitrogens with zero attached hydrogens (tertiary/aromatic N) is 3. The maximum atomic E-state index is 4.71. The molecule has 0 saturated carbocycles. The molecule has 0 bridgehead atoms. The first-order valence-electron chi connectivity index (χ1n) is 10.1. The second-order valence-electron chi connectivity index (χ2n) is 7.16. The average Bonchev–Trinajstić information content (AvgIpc) is 2.58. The zero-order chi connectivity index (χ0) is 17.5. The third kappa shape index (κ3) is 14.7. The van der Waals surface area contributed by atoms with Crippen LogP contribution >= 0.6 is 24.0 Å². The van der Waals surface area contributed by atoms with Gasteiger partial charge < -0.3 is 20.4 Å². The Morgan fingerprint density at radius 1 is 0.960 bits per heavy atom. The van der Waals surface area contributed by atoms with Crippen LogP contribution in [0.4, 0.5) is 0 Å². The molecule has 0 unspecified atom stereocenters. The monoisotopic (exact) mass is 467 g/mol. The molecule has 1 heterocycles. The van der Waals surface area contributed by atoms with Gasteiger partial charge in [0.05, 0.1) is 0 Å². The second kappa shape index (κ2) is 17.3. The highest BCUT2D eigenvalue weighted by Gasteiger charge is 2.09. The molecule has 1 rings (SSSR count). The SMILES string of the molecule is CCNC(=NCCCCCCCN(C)C)NCCN1CCCCC1.I. The molecule has 1 saturated heterocycles. The Morgan fingerprint density at radius 2 is 1.64 bits per heavy atom. The normalized spacial score (nSPS) is 15.9. The van der Waals surface area contributed by atoms with Crippen LogP contribution in [0.1, 0.15) is 58.3 Å². The predicted molar refractivity (Wildman–Crippen MR) is 121 cm³/mol. The molecular formula is C19H42IN5. The van der Waals surface area contributed by atoms with Gasteiger partial charge in [0.15, 0.2) is 5.96 Å². The van der Waals surface area contributed by atoms with Gasteiger partial charge in [0.25, 0.3) is 0 Å². The van der Waals surface area contributed by atoms with Crippen molar-refractivity contribution in [2.24, 2.45) is 4.99 Å². The molecule has 0 aromatic heterocycles. The molecule has 0 atom stereocenters. The molecule has 5 nitrogen and oxygen atoms in total. The van der Waals surface area contributed by atoms with Crippen molar-refractivity contribution < 1.29 is 0 Å². The number of nitrogens with one attached hydrogen (secondary N) is 2. The van der Waals surface area contributed by atoms with E-state index in [4.69, 9.17) is 4.99 Å². The maximum absolute atomic E-state index is 4.71. The first-order valence-corrected chi connectivity index (χ1v) is 10.1. The molecule has 0 amide bonds. The number of likely N-dealkylation sites (tertiary alicyclic amines) is 1. The Balaban J connectivity index is 0.00000576. The van der Waals surface area contributed by atoms with E-state index in [2.05, 4.69) is 41.5 Å². The van der Waals surface area contributed by atoms with E-state index in [1.165, 1.54) is 71.0 Å². The van der Waals surface area contributed by atoms with Crippen molar-refractivity contribution in [2.75, 3.05) is 59.9 Å². The smallest absolute Gasteiger partial charge is 0.191 e. The predicted octanol–water partition coefficient (Wildman–Crippen LogP) is 3.16. The Morgan fingerprint density at radius 3 is 2.32 bits per heavy atom. The van der Waals surface area contributed by atoms with Gasteiger partial charge in [-0.25, -0.2) is 0 Å². The highest BCUT2D eigenvalue weighted by molar-refractivity contribution is 14.0. The van der Waals surface area contributed by atoms with Crippen molar-refractivity contribution >= 4 is 29.9 Å². The van der Waals surface area contributed by atoms with Gasteiger partial charge in [-0.15, -0.1) is 24.0 Å². The number of rotatable bonds is 12. The van der Waals surface area contributed by atoms with E-state index >= 15 is 0 Å². The quantitative estimate of drug-likeness (QED) is 0.200. The second-order valence-corrected chi connectivity index (χ2v) is 7.16. The standard InChI is InChI=1S/C19H41N5.HI/c1-4-20-19(22-14-18-24-16-11-8-12-17-24)21-13-9-6-5-7-10-15-23(2)3;/h4-18H2,1-3H3,(H2,20,21,22);1H. The van der Waals surface area contributed by atoms with Crippen LogP contribution in [0.15, 0.2) is 4.99 Å². The summed E-state index contributed by atoms with van der Waals surface area (Å²) in [7, 11) is 4.30. The van der Waals surface area contributed by atoms with Crippen LogP contribution in [0.5, 0.6) is 0 Å². The van der Waals surface area contributed by atoms with Crippen molar-refractivity contribution in [1.82, 2.24) is 20.4 Å². The topological polar surface area (TPSA) is 42.9 Å². The molecule has 150 valence electrons. The van der Waals surface area contributed by atoms with Gasteiger partial charge in [0, 0.05) is 26.2 Å². The summed E-state index contributed by atoms with van der Waals surface area (Å²) in [5.74, 6) is 0.988. The van der Waals surface area contributed by atoms with E-state index in [0.717, 1.165) is 32.1 Å². The zero-order valence-electron chi connectivity index (χ0n) is 16.9. The van der Waals surface area contributed by atoms with E-state index < -0.39 is 0 Å². The fourth-order valence-corrected chi connectivity index (χ4v) is 3.12. The van der Waals surface area contributed by atoms with Crippen molar-refractivity contribution in [2.45, 2.75) is 58.3 Å². The van der Waals surface area contributed by atoms with Gasteiger partial charge in [-0.2, -0.15) is 0 Å². The van der Waals surface area contributed by atoms with Crippen LogP contribution in [-0.2, 0) is 0 Å². The summed E-state index contributed by atoms with van der Waals surface area (Å²) in [5, 5.41) is 6.84. The summed E-state index contributed by atoms with van der Waals surface area (Å²) < 4.78 is 0. The highest BCUT2D eigenvalue weighted by Crippen LogP contribution is 2.07. The number of halogens is 1. The maximum Gasteiger partial charge on any atom is 0.191 e. The minimum Gasteiger partial charge on any atom is -0.357 e. The summed E-state index contributed by atoms with van der Waals surface area (Å²) >= 11 is 0. The summed E-state index contributed by atoms with van der Waals surface area (Å²) in [4.78, 5) is 9.54. The van der Waals surface area contributed by atoms with Crippen molar-refractivity contribution in [3.05, 3.63) is 0 Å². The molecule has 0 aromatic carbocycles. The van der Waals surface area contributed by atoms with E-state index in [1.54, 1.807) is 0 Å². The lowest BCUT2D eigenvalue weighted by Crippen LogP contribution is -2.42. The molecule has 0 spiro atoms. The van der Waals surface area contributed by atoms with Crippen LogP contribution in [0.2, 0.25) is 0 Å². The van der Waals surface area contributed by atoms with Crippen molar-refractivity contribution in [3.63, 3.8) is 0 Å². The third-order valence-corrected chi connectivity index (χ3v) is 4.55. The van der Waals surface area contributed by atoms with Crippen LogP contribution in [0.3, 0.4) is 0 Å². The Kier molecular flexibility index (Phi) is 17.3. The summed E-state index contributed by atoms with van der Waals surface area (Å²) in [5.41, 5.74) is 0. The Labute approximate surface area is 173 Å². The van der Waals surface area contributed by atoms with Crippen LogP contribution in [0, 0.1) is 0 Å². The molecule has 0 aromatic rings. The van der Waals surface area contributed by atoms with Crippen LogP contribution < -0.4 is 10.6 Å². The van der Waals surface area contributed by atoms with E-state index in [0.29, 0.717) is 0 Å². The Hall–Kier alpha value is -0.0800. The molecule has 0 radical (unpaired) electrons. The summed E-state index contributed by atoms with van der Waals surface area (Å²) in [6, 6.07) is 0. The lowest BCUT2D eigenvalue weighted by molar-refractivity contribution is 0.232. The lowest BCUT2D eigenvalue weighted by Gasteiger charge is -2.26. The first-order chi connectivity index (χ1) is 11.7. The number of unbranched alkanes of at least 4 members (excludes halogenated alkanes) is 4. The first kappa shape index (κ1) is 24.9. The molecule has 1 aliphatic heterocycles.